The molecule has 6 heteroatoms. The van der Waals surface area contributed by atoms with Gasteiger partial charge >= 0.3 is 0 Å². The Morgan fingerprint density at radius 2 is 2.11 bits per heavy atom. The van der Waals surface area contributed by atoms with Gasteiger partial charge in [0.05, 0.1) is 17.4 Å². The highest BCUT2D eigenvalue weighted by Crippen LogP contribution is 2.28. The third kappa shape index (κ3) is 3.88. The second-order valence-corrected chi connectivity index (χ2v) is 7.35. The standard InChI is InChI=1S/C21H28N6/c1-23-19(13-22)18-12-21-24-10-9-20(27(21)25-18)17-8-5-11-26(15-17)14-16-6-3-2-4-7-16/h2-4,6-7,9-10,12,17,19,23H,5,8,11,13-15,22H2,1H3. The Kier molecular flexibility index (Phi) is 5.48. The molecule has 3 aromatic rings. The van der Waals surface area contributed by atoms with Gasteiger partial charge in [-0.15, -0.1) is 0 Å². The summed E-state index contributed by atoms with van der Waals surface area (Å²) in [6, 6.07) is 14.9. The Balaban J connectivity index is 1.57. The number of piperidine rings is 1. The van der Waals surface area contributed by atoms with Gasteiger partial charge in [-0.1, -0.05) is 30.3 Å². The largest absolute Gasteiger partial charge is 0.329 e. The molecule has 2 aromatic heterocycles. The highest BCUT2D eigenvalue weighted by Gasteiger charge is 2.24. The number of nitrogens with zero attached hydrogens (tertiary/aromatic N) is 4. The lowest BCUT2D eigenvalue weighted by molar-refractivity contribution is 0.197. The zero-order chi connectivity index (χ0) is 18.6. The van der Waals surface area contributed by atoms with Crippen molar-refractivity contribution in [3.8, 4) is 0 Å². The van der Waals surface area contributed by atoms with Crippen LogP contribution in [0, 0.1) is 0 Å². The molecule has 0 radical (unpaired) electrons. The van der Waals surface area contributed by atoms with Crippen LogP contribution in [0.1, 0.15) is 41.8 Å². The van der Waals surface area contributed by atoms with Crippen LogP contribution in [-0.4, -0.2) is 46.2 Å². The SMILES string of the molecule is CNC(CN)c1cc2nccc(C3CCCN(Cc4ccccc4)C3)n2n1. The summed E-state index contributed by atoms with van der Waals surface area (Å²) in [5.41, 5.74) is 10.3. The molecule has 0 amide bonds. The van der Waals surface area contributed by atoms with Gasteiger partial charge in [-0.3, -0.25) is 4.90 Å². The van der Waals surface area contributed by atoms with Crippen LogP contribution in [0.3, 0.4) is 0 Å². The van der Waals surface area contributed by atoms with Gasteiger partial charge in [0.15, 0.2) is 5.65 Å². The van der Waals surface area contributed by atoms with E-state index in [-0.39, 0.29) is 6.04 Å². The number of nitrogens with two attached hydrogens (primary N) is 1. The van der Waals surface area contributed by atoms with E-state index in [1.54, 1.807) is 0 Å². The van der Waals surface area contributed by atoms with Crippen molar-refractivity contribution in [2.75, 3.05) is 26.7 Å². The molecule has 3 N–H and O–H groups in total. The number of fused-ring (bicyclic) bond motifs is 1. The van der Waals surface area contributed by atoms with Gasteiger partial charge in [-0.05, 0) is 38.1 Å². The fourth-order valence-electron chi connectivity index (χ4n) is 4.08. The van der Waals surface area contributed by atoms with Gasteiger partial charge in [0.2, 0.25) is 0 Å². The molecule has 6 nitrogen and oxygen atoms in total. The molecule has 0 spiro atoms. The fourth-order valence-corrected chi connectivity index (χ4v) is 4.08. The summed E-state index contributed by atoms with van der Waals surface area (Å²) in [4.78, 5) is 7.07. The van der Waals surface area contributed by atoms with E-state index >= 15 is 0 Å². The highest BCUT2D eigenvalue weighted by atomic mass is 15.3. The van der Waals surface area contributed by atoms with E-state index < -0.39 is 0 Å². The molecule has 1 aliphatic rings. The molecule has 1 aromatic carbocycles. The molecule has 0 saturated carbocycles. The second kappa shape index (κ2) is 8.17. The van der Waals surface area contributed by atoms with Crippen LogP contribution in [0.2, 0.25) is 0 Å². The predicted octanol–water partition coefficient (Wildman–Crippen LogP) is 2.33. The van der Waals surface area contributed by atoms with Gasteiger partial charge in [0, 0.05) is 37.8 Å². The number of hydrogen-bond donors (Lipinski definition) is 2. The first kappa shape index (κ1) is 18.1. The first-order chi connectivity index (χ1) is 13.3. The smallest absolute Gasteiger partial charge is 0.155 e. The maximum atomic E-state index is 5.87. The molecule has 1 saturated heterocycles. The third-order valence-corrected chi connectivity index (χ3v) is 5.52. The highest BCUT2D eigenvalue weighted by molar-refractivity contribution is 5.41. The summed E-state index contributed by atoms with van der Waals surface area (Å²) in [5, 5.41) is 8.06. The van der Waals surface area contributed by atoms with E-state index in [4.69, 9.17) is 10.8 Å². The average molecular weight is 364 g/mol. The van der Waals surface area contributed by atoms with Crippen molar-refractivity contribution in [1.29, 1.82) is 0 Å². The first-order valence-corrected chi connectivity index (χ1v) is 9.76. The van der Waals surface area contributed by atoms with Crippen LogP contribution in [0.15, 0.2) is 48.7 Å². The number of aromatic nitrogens is 3. The van der Waals surface area contributed by atoms with Crippen molar-refractivity contribution in [1.82, 2.24) is 24.8 Å². The van der Waals surface area contributed by atoms with Gasteiger partial charge < -0.3 is 11.1 Å². The summed E-state index contributed by atoms with van der Waals surface area (Å²) in [7, 11) is 1.92. The van der Waals surface area contributed by atoms with Crippen molar-refractivity contribution in [2.45, 2.75) is 31.3 Å². The Morgan fingerprint density at radius 3 is 2.89 bits per heavy atom. The van der Waals surface area contributed by atoms with Crippen LogP contribution in [0.5, 0.6) is 0 Å². The molecule has 0 bridgehead atoms. The summed E-state index contributed by atoms with van der Waals surface area (Å²) < 4.78 is 2.02. The zero-order valence-electron chi connectivity index (χ0n) is 15.9. The lowest BCUT2D eigenvalue weighted by Crippen LogP contribution is -2.34. The van der Waals surface area contributed by atoms with Crippen LogP contribution in [0.4, 0.5) is 0 Å². The van der Waals surface area contributed by atoms with E-state index in [1.165, 1.54) is 24.1 Å². The number of likely N-dealkylation sites (tertiary alicyclic amines) is 1. The molecule has 27 heavy (non-hydrogen) atoms. The minimum Gasteiger partial charge on any atom is -0.329 e. The molecular formula is C21H28N6. The van der Waals surface area contributed by atoms with E-state index in [0.717, 1.165) is 31.0 Å². The molecule has 4 rings (SSSR count). The topological polar surface area (TPSA) is 71.5 Å². The lowest BCUT2D eigenvalue weighted by Gasteiger charge is -2.33. The Morgan fingerprint density at radius 1 is 1.26 bits per heavy atom. The maximum absolute atomic E-state index is 5.87. The number of benzene rings is 1. The average Bonchev–Trinajstić information content (AvgIpc) is 3.14. The van der Waals surface area contributed by atoms with Crippen LogP contribution < -0.4 is 11.1 Å². The van der Waals surface area contributed by atoms with Crippen LogP contribution in [-0.2, 0) is 6.54 Å². The molecule has 2 unspecified atom stereocenters. The maximum Gasteiger partial charge on any atom is 0.155 e. The molecule has 1 aliphatic heterocycles. The molecule has 2 atom stereocenters. The molecule has 1 fully saturated rings. The summed E-state index contributed by atoms with van der Waals surface area (Å²) >= 11 is 0. The lowest BCUT2D eigenvalue weighted by atomic mass is 9.94. The van der Waals surface area contributed by atoms with Crippen molar-refractivity contribution >= 4 is 5.65 Å². The van der Waals surface area contributed by atoms with Crippen molar-refractivity contribution < 1.29 is 0 Å². The fraction of sp³-hybridized carbons (Fsp3) is 0.429. The zero-order valence-corrected chi connectivity index (χ0v) is 15.9. The monoisotopic (exact) mass is 364 g/mol. The molecule has 3 heterocycles. The quantitative estimate of drug-likeness (QED) is 0.702. The number of hydrogen-bond acceptors (Lipinski definition) is 5. The van der Waals surface area contributed by atoms with Gasteiger partial charge in [0.25, 0.3) is 0 Å². The minimum absolute atomic E-state index is 0.0560. The van der Waals surface area contributed by atoms with Gasteiger partial charge in [-0.2, -0.15) is 5.10 Å². The Hall–Kier alpha value is -2.28. The molecular weight excluding hydrogens is 336 g/mol. The summed E-state index contributed by atoms with van der Waals surface area (Å²) in [6.45, 7) is 3.73. The van der Waals surface area contributed by atoms with Crippen LogP contribution in [0.25, 0.3) is 5.65 Å². The summed E-state index contributed by atoms with van der Waals surface area (Å²) in [5.74, 6) is 0.464. The van der Waals surface area contributed by atoms with E-state index in [2.05, 4.69) is 51.6 Å². The van der Waals surface area contributed by atoms with E-state index in [9.17, 15) is 0 Å². The Bertz CT molecular complexity index is 871. The number of likely N-dealkylation sites (N-methyl/N-ethyl adjacent to an activating group) is 1. The molecule has 142 valence electrons. The normalized spacial score (nSPS) is 19.4. The van der Waals surface area contributed by atoms with Crippen molar-refractivity contribution in [2.24, 2.45) is 5.73 Å². The second-order valence-electron chi connectivity index (χ2n) is 7.35. The van der Waals surface area contributed by atoms with E-state index in [0.29, 0.717) is 12.5 Å². The summed E-state index contributed by atoms with van der Waals surface area (Å²) in [6.07, 6.45) is 4.30. The minimum atomic E-state index is 0.0560. The Labute approximate surface area is 160 Å². The predicted molar refractivity (Wildman–Crippen MR) is 108 cm³/mol. The van der Waals surface area contributed by atoms with Gasteiger partial charge in [-0.25, -0.2) is 9.50 Å². The molecule has 0 aliphatic carbocycles. The van der Waals surface area contributed by atoms with Gasteiger partial charge in [0.1, 0.15) is 0 Å². The number of rotatable bonds is 6. The van der Waals surface area contributed by atoms with Crippen LogP contribution >= 0.6 is 0 Å². The van der Waals surface area contributed by atoms with E-state index in [1.807, 2.05) is 23.8 Å². The first-order valence-electron chi connectivity index (χ1n) is 9.76. The third-order valence-electron chi connectivity index (χ3n) is 5.52. The van der Waals surface area contributed by atoms with Crippen molar-refractivity contribution in [3.05, 3.63) is 65.6 Å². The number of nitrogens with one attached hydrogen (secondary N) is 1. The van der Waals surface area contributed by atoms with Crippen molar-refractivity contribution in [3.63, 3.8) is 0 Å².